The topological polar surface area (TPSA) is 55.8 Å². The number of esters is 1. The Balaban J connectivity index is 2.73. The first-order valence-corrected chi connectivity index (χ1v) is 5.69. The lowest BCUT2D eigenvalue weighted by molar-refractivity contribution is -0.150. The predicted molar refractivity (Wildman–Crippen MR) is 66.8 cm³/mol. The van der Waals surface area contributed by atoms with Crippen LogP contribution in [0.4, 0.5) is 5.69 Å². The Morgan fingerprint density at radius 3 is 2.33 bits per heavy atom. The first-order chi connectivity index (χ1) is 8.49. The average molecular weight is 251 g/mol. The zero-order chi connectivity index (χ0) is 13.5. The lowest BCUT2D eigenvalue weighted by Gasteiger charge is -2.22. The molecule has 0 aliphatic carbocycles. The molecule has 1 aromatic carbocycles. The van der Waals surface area contributed by atoms with E-state index >= 15 is 0 Å². The highest BCUT2D eigenvalue weighted by molar-refractivity contribution is 5.77. The number of carbonyl (C=O) groups is 2. The van der Waals surface area contributed by atoms with Crippen molar-refractivity contribution in [2.24, 2.45) is 0 Å². The Hall–Kier alpha value is -2.04. The summed E-state index contributed by atoms with van der Waals surface area (Å²) in [6.45, 7) is 4.67. The molecule has 0 aromatic heterocycles. The van der Waals surface area contributed by atoms with E-state index in [-0.39, 0.29) is 12.6 Å². The number of carbonyl (C=O) groups excluding carboxylic acids is 2. The van der Waals surface area contributed by atoms with Crippen LogP contribution < -0.4 is 5.06 Å². The van der Waals surface area contributed by atoms with Crippen molar-refractivity contribution < 1.29 is 19.2 Å². The fourth-order valence-electron chi connectivity index (χ4n) is 1.34. The summed E-state index contributed by atoms with van der Waals surface area (Å²) in [7, 11) is 0. The number of benzene rings is 1. The van der Waals surface area contributed by atoms with Gasteiger partial charge in [0.05, 0.1) is 11.8 Å². The van der Waals surface area contributed by atoms with Crippen molar-refractivity contribution in [2.75, 3.05) is 11.6 Å². The van der Waals surface area contributed by atoms with E-state index in [1.54, 1.807) is 38.1 Å². The summed E-state index contributed by atoms with van der Waals surface area (Å²) in [4.78, 5) is 27.6. The van der Waals surface area contributed by atoms with Crippen molar-refractivity contribution >= 4 is 17.6 Å². The van der Waals surface area contributed by atoms with E-state index in [2.05, 4.69) is 0 Å². The highest BCUT2D eigenvalue weighted by Crippen LogP contribution is 2.13. The second kappa shape index (κ2) is 6.64. The third-order valence-corrected chi connectivity index (χ3v) is 1.92. The van der Waals surface area contributed by atoms with Gasteiger partial charge in [-0.2, -0.15) is 5.06 Å². The minimum absolute atomic E-state index is 0.137. The normalized spacial score (nSPS) is 10.0. The van der Waals surface area contributed by atoms with E-state index in [9.17, 15) is 9.59 Å². The number of hydrogen-bond donors (Lipinski definition) is 0. The molecule has 1 rings (SSSR count). The largest absolute Gasteiger partial charge is 0.462 e. The van der Waals surface area contributed by atoms with Crippen molar-refractivity contribution in [3.8, 4) is 0 Å². The third-order valence-electron chi connectivity index (χ3n) is 1.92. The molecular weight excluding hydrogens is 234 g/mol. The molecule has 1 aromatic rings. The number of ether oxygens (including phenoxy) is 1. The van der Waals surface area contributed by atoms with Gasteiger partial charge < -0.3 is 9.57 Å². The lowest BCUT2D eigenvalue weighted by atomic mass is 10.3. The molecule has 98 valence electrons. The van der Waals surface area contributed by atoms with Crippen molar-refractivity contribution in [2.45, 2.75) is 26.9 Å². The van der Waals surface area contributed by atoms with Gasteiger partial charge in [0.25, 0.3) is 0 Å². The minimum atomic E-state index is -0.490. The van der Waals surface area contributed by atoms with Crippen LogP contribution in [0.15, 0.2) is 30.3 Å². The van der Waals surface area contributed by atoms with E-state index in [1.165, 1.54) is 12.0 Å². The van der Waals surface area contributed by atoms with Crippen LogP contribution in [-0.2, 0) is 19.2 Å². The monoisotopic (exact) mass is 251 g/mol. The van der Waals surface area contributed by atoms with E-state index in [1.807, 2.05) is 6.07 Å². The van der Waals surface area contributed by atoms with Crippen molar-refractivity contribution in [3.05, 3.63) is 30.3 Å². The molecular formula is C13H17NO4. The Labute approximate surface area is 106 Å². The third kappa shape index (κ3) is 4.86. The summed E-state index contributed by atoms with van der Waals surface area (Å²) in [6.07, 6.45) is -0.201. The maximum atomic E-state index is 11.6. The van der Waals surface area contributed by atoms with Gasteiger partial charge >= 0.3 is 11.9 Å². The first kappa shape index (κ1) is 14.0. The van der Waals surface area contributed by atoms with Crippen LogP contribution in [0.2, 0.25) is 0 Å². The molecule has 0 fully saturated rings. The molecule has 0 bridgehead atoms. The maximum Gasteiger partial charge on any atom is 0.329 e. The Kier molecular flexibility index (Phi) is 5.17. The van der Waals surface area contributed by atoms with Crippen LogP contribution in [0.5, 0.6) is 0 Å². The summed E-state index contributed by atoms with van der Waals surface area (Å²) in [5.41, 5.74) is 0.619. The molecule has 0 atom stereocenters. The molecule has 0 aliphatic heterocycles. The molecule has 0 radical (unpaired) electrons. The number of nitrogens with zero attached hydrogens (tertiary/aromatic N) is 1. The Morgan fingerprint density at radius 2 is 1.83 bits per heavy atom. The Bertz CT molecular complexity index is 403. The second-order valence-electron chi connectivity index (χ2n) is 3.99. The van der Waals surface area contributed by atoms with E-state index in [0.29, 0.717) is 5.69 Å². The molecule has 18 heavy (non-hydrogen) atoms. The van der Waals surface area contributed by atoms with Gasteiger partial charge in [0, 0.05) is 6.92 Å². The van der Waals surface area contributed by atoms with E-state index < -0.39 is 11.9 Å². The van der Waals surface area contributed by atoms with Gasteiger partial charge in [-0.05, 0) is 26.0 Å². The van der Waals surface area contributed by atoms with Crippen LogP contribution in [0.25, 0.3) is 0 Å². The molecule has 0 spiro atoms. The van der Waals surface area contributed by atoms with E-state index in [0.717, 1.165) is 0 Å². The highest BCUT2D eigenvalue weighted by Gasteiger charge is 2.16. The fraction of sp³-hybridized carbons (Fsp3) is 0.385. The zero-order valence-corrected chi connectivity index (χ0v) is 10.8. The van der Waals surface area contributed by atoms with Gasteiger partial charge in [-0.1, -0.05) is 18.2 Å². The Morgan fingerprint density at radius 1 is 1.22 bits per heavy atom. The summed E-state index contributed by atoms with van der Waals surface area (Å²) in [6, 6.07) is 8.90. The molecule has 0 aliphatic rings. The van der Waals surface area contributed by atoms with Crippen molar-refractivity contribution in [1.82, 2.24) is 0 Å². The number of hydroxylamine groups is 1. The first-order valence-electron chi connectivity index (χ1n) is 5.69. The molecule has 5 heteroatoms. The summed E-state index contributed by atoms with van der Waals surface area (Å²) in [5.74, 6) is -0.939. The van der Waals surface area contributed by atoms with Crippen LogP contribution in [-0.4, -0.2) is 24.6 Å². The van der Waals surface area contributed by atoms with Crippen molar-refractivity contribution in [3.63, 3.8) is 0 Å². The molecule has 0 heterocycles. The second-order valence-corrected chi connectivity index (χ2v) is 3.99. The van der Waals surface area contributed by atoms with Crippen LogP contribution in [0.1, 0.15) is 20.8 Å². The summed E-state index contributed by atoms with van der Waals surface area (Å²) < 4.78 is 5.01. The van der Waals surface area contributed by atoms with Crippen LogP contribution in [0.3, 0.4) is 0 Å². The molecule has 5 nitrogen and oxygen atoms in total. The molecule has 0 amide bonds. The molecule has 0 saturated carbocycles. The molecule has 0 saturated heterocycles. The van der Waals surface area contributed by atoms with Crippen molar-refractivity contribution in [1.29, 1.82) is 0 Å². The van der Waals surface area contributed by atoms with Gasteiger partial charge in [-0.3, -0.25) is 4.79 Å². The lowest BCUT2D eigenvalue weighted by Crippen LogP contribution is -2.33. The zero-order valence-electron chi connectivity index (χ0n) is 10.8. The predicted octanol–water partition coefficient (Wildman–Crippen LogP) is 1.92. The quantitative estimate of drug-likeness (QED) is 0.591. The van der Waals surface area contributed by atoms with Crippen LogP contribution in [0, 0.1) is 0 Å². The number of para-hydroxylation sites is 1. The summed E-state index contributed by atoms with van der Waals surface area (Å²) >= 11 is 0. The SMILES string of the molecule is CC(=O)ON(CC(=O)OC(C)C)c1ccccc1. The average Bonchev–Trinajstić information content (AvgIpc) is 2.27. The number of rotatable bonds is 5. The van der Waals surface area contributed by atoms with Gasteiger partial charge in [-0.15, -0.1) is 0 Å². The van der Waals surface area contributed by atoms with Gasteiger partial charge in [0.1, 0.15) is 0 Å². The van der Waals surface area contributed by atoms with Gasteiger partial charge in [0.15, 0.2) is 6.54 Å². The number of anilines is 1. The van der Waals surface area contributed by atoms with Gasteiger partial charge in [-0.25, -0.2) is 4.79 Å². The molecule has 0 N–H and O–H groups in total. The standard InChI is InChI=1S/C13H17NO4/c1-10(2)17-13(16)9-14(18-11(3)15)12-7-5-4-6-8-12/h4-8,10H,9H2,1-3H3. The fourth-order valence-corrected chi connectivity index (χ4v) is 1.34. The number of hydrogen-bond acceptors (Lipinski definition) is 5. The maximum absolute atomic E-state index is 11.6. The smallest absolute Gasteiger partial charge is 0.329 e. The highest BCUT2D eigenvalue weighted by atomic mass is 16.7. The van der Waals surface area contributed by atoms with E-state index in [4.69, 9.17) is 9.57 Å². The van der Waals surface area contributed by atoms with Crippen LogP contribution >= 0.6 is 0 Å². The minimum Gasteiger partial charge on any atom is -0.462 e. The molecule has 0 unspecified atom stereocenters. The van der Waals surface area contributed by atoms with Gasteiger partial charge in [0.2, 0.25) is 0 Å². The summed E-state index contributed by atoms with van der Waals surface area (Å²) in [5, 5.41) is 1.22.